The molecule has 0 aromatic heterocycles. The molecule has 7 N–H and O–H groups in total. The van der Waals surface area contributed by atoms with Crippen LogP contribution in [0.1, 0.15) is 53.9 Å². The Morgan fingerprint density at radius 3 is 2.17 bits per heavy atom. The number of likely N-dealkylation sites (tertiary alicyclic amines) is 1. The molecule has 0 spiro atoms. The lowest BCUT2D eigenvalue weighted by Crippen LogP contribution is -2.57. The standard InChI is InChI=1S/C23H40N6O7/c1-6-13(4)18(24)21(34)25-10-16(30)28-19(12(2)3)22(35)27-14(5)23(36)29-9-7-8-15(29)20(33)26-11-17(31)32/h12-15,18-19H,6-11,24H2,1-5H3,(H,25,34)(H,26,33)(H,27,35)(H,28,30)(H,31,32)/t13-,14-,15-,18-,19?/m0/s1. The number of nitrogens with two attached hydrogens (primary N) is 1. The fraction of sp³-hybridized carbons (Fsp3) is 0.739. The van der Waals surface area contributed by atoms with E-state index < -0.39 is 66.2 Å². The quantitative estimate of drug-likeness (QED) is 0.168. The highest BCUT2D eigenvalue weighted by Crippen LogP contribution is 2.18. The number of carbonyl (C=O) groups is 6. The van der Waals surface area contributed by atoms with E-state index in [0.717, 1.165) is 0 Å². The number of carboxylic acid groups (broad SMARTS) is 1. The first-order chi connectivity index (χ1) is 16.8. The third-order valence-electron chi connectivity index (χ3n) is 6.23. The maximum absolute atomic E-state index is 12.9. The number of nitrogens with one attached hydrogen (secondary N) is 4. The number of hydrogen-bond donors (Lipinski definition) is 6. The molecule has 1 saturated heterocycles. The van der Waals surface area contributed by atoms with E-state index in [2.05, 4.69) is 21.3 Å². The Morgan fingerprint density at radius 1 is 0.972 bits per heavy atom. The molecule has 1 aliphatic rings. The van der Waals surface area contributed by atoms with Crippen LogP contribution in [-0.4, -0.2) is 89.3 Å². The van der Waals surface area contributed by atoms with Crippen LogP contribution < -0.4 is 27.0 Å². The van der Waals surface area contributed by atoms with Crippen molar-refractivity contribution >= 4 is 35.5 Å². The van der Waals surface area contributed by atoms with Gasteiger partial charge in [-0.2, -0.15) is 0 Å². The summed E-state index contributed by atoms with van der Waals surface area (Å²) in [5.41, 5.74) is 5.85. The van der Waals surface area contributed by atoms with E-state index in [0.29, 0.717) is 25.8 Å². The fourth-order valence-electron chi connectivity index (χ4n) is 3.75. The average Bonchev–Trinajstić information content (AvgIpc) is 3.32. The van der Waals surface area contributed by atoms with Crippen molar-refractivity contribution in [2.45, 2.75) is 78.0 Å². The van der Waals surface area contributed by atoms with Crippen molar-refractivity contribution in [2.75, 3.05) is 19.6 Å². The fourth-order valence-corrected chi connectivity index (χ4v) is 3.75. The number of carboxylic acids is 1. The van der Waals surface area contributed by atoms with Crippen LogP contribution in [0.3, 0.4) is 0 Å². The summed E-state index contributed by atoms with van der Waals surface area (Å²) in [6.45, 7) is 8.04. The molecule has 204 valence electrons. The topological polar surface area (TPSA) is 200 Å². The smallest absolute Gasteiger partial charge is 0.322 e. The zero-order chi connectivity index (χ0) is 27.6. The summed E-state index contributed by atoms with van der Waals surface area (Å²) in [6.07, 6.45) is 1.65. The lowest BCUT2D eigenvalue weighted by molar-refractivity contribution is -0.142. The zero-order valence-corrected chi connectivity index (χ0v) is 21.6. The molecule has 5 amide bonds. The van der Waals surface area contributed by atoms with E-state index >= 15 is 0 Å². The second kappa shape index (κ2) is 14.4. The predicted molar refractivity (Wildman–Crippen MR) is 130 cm³/mol. The minimum atomic E-state index is -1.19. The number of hydrogen-bond acceptors (Lipinski definition) is 7. The summed E-state index contributed by atoms with van der Waals surface area (Å²) >= 11 is 0. The molecule has 0 bridgehead atoms. The highest BCUT2D eigenvalue weighted by Gasteiger charge is 2.37. The highest BCUT2D eigenvalue weighted by molar-refractivity contribution is 5.95. The molecule has 0 aromatic carbocycles. The lowest BCUT2D eigenvalue weighted by atomic mass is 9.99. The van der Waals surface area contributed by atoms with Crippen LogP contribution in [0.2, 0.25) is 0 Å². The summed E-state index contributed by atoms with van der Waals surface area (Å²) in [5, 5.41) is 18.6. The Labute approximate surface area is 211 Å². The van der Waals surface area contributed by atoms with Gasteiger partial charge >= 0.3 is 5.97 Å². The number of amides is 5. The van der Waals surface area contributed by atoms with E-state index in [9.17, 15) is 28.8 Å². The Balaban J connectivity index is 2.70. The van der Waals surface area contributed by atoms with E-state index in [1.807, 2.05) is 13.8 Å². The second-order valence-corrected chi connectivity index (χ2v) is 9.45. The zero-order valence-electron chi connectivity index (χ0n) is 21.6. The molecule has 13 nitrogen and oxygen atoms in total. The van der Waals surface area contributed by atoms with Crippen molar-refractivity contribution in [3.05, 3.63) is 0 Å². The van der Waals surface area contributed by atoms with Gasteiger partial charge in [0.15, 0.2) is 0 Å². The summed E-state index contributed by atoms with van der Waals surface area (Å²) < 4.78 is 0. The molecule has 1 fully saturated rings. The Bertz CT molecular complexity index is 834. The second-order valence-electron chi connectivity index (χ2n) is 9.45. The lowest BCUT2D eigenvalue weighted by Gasteiger charge is -2.28. The molecular weight excluding hydrogens is 472 g/mol. The Morgan fingerprint density at radius 2 is 1.61 bits per heavy atom. The van der Waals surface area contributed by atoms with Gasteiger partial charge in [-0.1, -0.05) is 34.1 Å². The van der Waals surface area contributed by atoms with Crippen LogP contribution in [-0.2, 0) is 28.8 Å². The van der Waals surface area contributed by atoms with Crippen molar-refractivity contribution in [2.24, 2.45) is 17.6 Å². The largest absolute Gasteiger partial charge is 0.480 e. The van der Waals surface area contributed by atoms with Gasteiger partial charge in [-0.3, -0.25) is 28.8 Å². The van der Waals surface area contributed by atoms with Crippen LogP contribution >= 0.6 is 0 Å². The number of aliphatic carboxylic acids is 1. The molecule has 36 heavy (non-hydrogen) atoms. The van der Waals surface area contributed by atoms with Gasteiger partial charge in [0.1, 0.15) is 24.7 Å². The van der Waals surface area contributed by atoms with Gasteiger partial charge in [0.2, 0.25) is 29.5 Å². The monoisotopic (exact) mass is 512 g/mol. The molecule has 0 radical (unpaired) electrons. The van der Waals surface area contributed by atoms with E-state index in [-0.39, 0.29) is 18.4 Å². The Kier molecular flexibility index (Phi) is 12.3. The number of carbonyl (C=O) groups excluding carboxylic acids is 5. The van der Waals surface area contributed by atoms with Crippen molar-refractivity contribution < 1.29 is 33.9 Å². The SMILES string of the molecule is CC[C@H](C)[C@H](N)C(=O)NCC(=O)NC(C(=O)N[C@@H](C)C(=O)N1CCC[C@H]1C(=O)NCC(=O)O)C(C)C. The molecule has 0 saturated carbocycles. The number of nitrogens with zero attached hydrogens (tertiary/aromatic N) is 1. The molecule has 1 aliphatic heterocycles. The highest BCUT2D eigenvalue weighted by atomic mass is 16.4. The van der Waals surface area contributed by atoms with Gasteiger partial charge in [-0.15, -0.1) is 0 Å². The van der Waals surface area contributed by atoms with Gasteiger partial charge in [-0.25, -0.2) is 0 Å². The third-order valence-corrected chi connectivity index (χ3v) is 6.23. The maximum Gasteiger partial charge on any atom is 0.322 e. The molecule has 1 rings (SSSR count). The van der Waals surface area contributed by atoms with Crippen LogP contribution in [0.15, 0.2) is 0 Å². The normalized spacial score (nSPS) is 18.5. The molecule has 1 heterocycles. The summed E-state index contributed by atoms with van der Waals surface area (Å²) in [7, 11) is 0. The van der Waals surface area contributed by atoms with E-state index in [4.69, 9.17) is 10.8 Å². The first-order valence-corrected chi connectivity index (χ1v) is 12.2. The van der Waals surface area contributed by atoms with Crippen LogP contribution in [0.25, 0.3) is 0 Å². The van der Waals surface area contributed by atoms with Crippen molar-refractivity contribution in [3.8, 4) is 0 Å². The maximum atomic E-state index is 12.9. The number of rotatable bonds is 13. The van der Waals surface area contributed by atoms with Crippen molar-refractivity contribution in [3.63, 3.8) is 0 Å². The first kappa shape index (κ1) is 30.8. The summed E-state index contributed by atoms with van der Waals surface area (Å²) in [6, 6.07) is -3.53. The predicted octanol–water partition coefficient (Wildman–Crippen LogP) is -1.69. The van der Waals surface area contributed by atoms with Gasteiger partial charge in [0.25, 0.3) is 0 Å². The molecular formula is C23H40N6O7. The molecule has 13 heteroatoms. The van der Waals surface area contributed by atoms with Crippen LogP contribution in [0, 0.1) is 11.8 Å². The first-order valence-electron chi connectivity index (χ1n) is 12.2. The third kappa shape index (κ3) is 9.10. The molecule has 0 aromatic rings. The molecule has 5 atom stereocenters. The minimum absolute atomic E-state index is 0.0558. The van der Waals surface area contributed by atoms with E-state index in [1.54, 1.807) is 13.8 Å². The van der Waals surface area contributed by atoms with E-state index in [1.165, 1.54) is 11.8 Å². The van der Waals surface area contributed by atoms with Crippen LogP contribution in [0.4, 0.5) is 0 Å². The van der Waals surface area contributed by atoms with Gasteiger partial charge in [-0.05, 0) is 31.6 Å². The van der Waals surface area contributed by atoms with Crippen molar-refractivity contribution in [1.82, 2.24) is 26.2 Å². The Hall–Kier alpha value is -3.22. The van der Waals surface area contributed by atoms with Crippen molar-refractivity contribution in [1.29, 1.82) is 0 Å². The molecule has 0 aliphatic carbocycles. The minimum Gasteiger partial charge on any atom is -0.480 e. The average molecular weight is 513 g/mol. The van der Waals surface area contributed by atoms with Gasteiger partial charge < -0.3 is 37.0 Å². The van der Waals surface area contributed by atoms with Gasteiger partial charge in [0, 0.05) is 6.54 Å². The van der Waals surface area contributed by atoms with Gasteiger partial charge in [0.05, 0.1) is 12.6 Å². The van der Waals surface area contributed by atoms with Crippen LogP contribution in [0.5, 0.6) is 0 Å². The molecule has 1 unspecified atom stereocenters. The summed E-state index contributed by atoms with van der Waals surface area (Å²) in [5.74, 6) is -4.26. The summed E-state index contributed by atoms with van der Waals surface area (Å²) in [4.78, 5) is 74.6.